The van der Waals surface area contributed by atoms with Crippen molar-refractivity contribution in [3.05, 3.63) is 29.8 Å². The maximum Gasteiger partial charge on any atom is 0.120 e. The summed E-state index contributed by atoms with van der Waals surface area (Å²) < 4.78 is 5.77. The number of piperazine rings is 1. The molecule has 0 spiro atoms. The van der Waals surface area contributed by atoms with Gasteiger partial charge in [0.15, 0.2) is 0 Å². The average molecular weight is 317 g/mol. The Balaban J connectivity index is 1.77. The standard InChI is InChI=1S/C18H27N3O2/c1-3-17-14-20(7-8-21(17)13-15(2)22)9-10-23-18-6-4-5-16(11-18)12-19/h4-6,11,15,17,22H,3,7-10,13-14H2,1-2H3. The first-order chi connectivity index (χ1) is 11.1. The van der Waals surface area contributed by atoms with Crippen LogP contribution in [-0.2, 0) is 0 Å². The molecule has 1 aliphatic heterocycles. The number of benzene rings is 1. The molecule has 1 aromatic carbocycles. The Morgan fingerprint density at radius 3 is 2.96 bits per heavy atom. The summed E-state index contributed by atoms with van der Waals surface area (Å²) in [6, 6.07) is 9.90. The minimum atomic E-state index is -0.272. The van der Waals surface area contributed by atoms with E-state index in [0.29, 0.717) is 18.2 Å². The van der Waals surface area contributed by atoms with Crippen molar-refractivity contribution >= 4 is 0 Å². The van der Waals surface area contributed by atoms with Crippen LogP contribution >= 0.6 is 0 Å². The fourth-order valence-electron chi connectivity index (χ4n) is 3.08. The largest absolute Gasteiger partial charge is 0.492 e. The fourth-order valence-corrected chi connectivity index (χ4v) is 3.08. The number of rotatable bonds is 7. The highest BCUT2D eigenvalue weighted by molar-refractivity contribution is 5.36. The molecule has 1 aliphatic rings. The van der Waals surface area contributed by atoms with Crippen LogP contribution in [0.2, 0.25) is 0 Å². The molecule has 0 aromatic heterocycles. The van der Waals surface area contributed by atoms with Crippen molar-refractivity contribution in [1.82, 2.24) is 9.80 Å². The summed E-state index contributed by atoms with van der Waals surface area (Å²) in [7, 11) is 0. The Kier molecular flexibility index (Phi) is 6.85. The predicted molar refractivity (Wildman–Crippen MR) is 90.4 cm³/mol. The minimum absolute atomic E-state index is 0.272. The smallest absolute Gasteiger partial charge is 0.120 e. The second-order valence-corrected chi connectivity index (χ2v) is 6.19. The molecule has 2 rings (SSSR count). The van der Waals surface area contributed by atoms with Gasteiger partial charge in [0.1, 0.15) is 12.4 Å². The molecule has 1 fully saturated rings. The molecule has 0 bridgehead atoms. The van der Waals surface area contributed by atoms with Crippen molar-refractivity contribution in [3.63, 3.8) is 0 Å². The number of β-amino-alcohol motifs (C(OH)–C–C–N with tert-alkyl or cyclic N) is 1. The third-order valence-corrected chi connectivity index (χ3v) is 4.30. The van der Waals surface area contributed by atoms with E-state index in [9.17, 15) is 5.11 Å². The van der Waals surface area contributed by atoms with Crippen molar-refractivity contribution in [2.24, 2.45) is 0 Å². The van der Waals surface area contributed by atoms with Crippen molar-refractivity contribution in [2.75, 3.05) is 39.3 Å². The van der Waals surface area contributed by atoms with Crippen LogP contribution in [0.15, 0.2) is 24.3 Å². The highest BCUT2D eigenvalue weighted by atomic mass is 16.5. The Morgan fingerprint density at radius 1 is 1.43 bits per heavy atom. The van der Waals surface area contributed by atoms with Crippen molar-refractivity contribution in [3.8, 4) is 11.8 Å². The first-order valence-corrected chi connectivity index (χ1v) is 8.39. The molecule has 1 saturated heterocycles. The molecule has 5 heteroatoms. The van der Waals surface area contributed by atoms with Gasteiger partial charge in [0.05, 0.1) is 17.7 Å². The zero-order valence-electron chi connectivity index (χ0n) is 14.1. The van der Waals surface area contributed by atoms with Crippen LogP contribution in [0.4, 0.5) is 0 Å². The maximum absolute atomic E-state index is 9.60. The molecule has 1 N–H and O–H groups in total. The monoisotopic (exact) mass is 317 g/mol. The second-order valence-electron chi connectivity index (χ2n) is 6.19. The number of nitrogens with zero attached hydrogens (tertiary/aromatic N) is 3. The molecule has 5 nitrogen and oxygen atoms in total. The van der Waals surface area contributed by atoms with Crippen LogP contribution in [0.5, 0.6) is 5.75 Å². The van der Waals surface area contributed by atoms with Gasteiger partial charge in [-0.2, -0.15) is 5.26 Å². The summed E-state index contributed by atoms with van der Waals surface area (Å²) in [6.07, 6.45) is 0.820. The molecular formula is C18H27N3O2. The highest BCUT2D eigenvalue weighted by Gasteiger charge is 2.26. The lowest BCUT2D eigenvalue weighted by atomic mass is 10.1. The van der Waals surface area contributed by atoms with E-state index in [4.69, 9.17) is 10.00 Å². The predicted octanol–water partition coefficient (Wildman–Crippen LogP) is 1.71. The number of aliphatic hydroxyl groups excluding tert-OH is 1. The zero-order chi connectivity index (χ0) is 16.7. The number of nitriles is 1. The summed E-state index contributed by atoms with van der Waals surface area (Å²) in [6.45, 7) is 9.33. The zero-order valence-corrected chi connectivity index (χ0v) is 14.1. The van der Waals surface area contributed by atoms with E-state index < -0.39 is 0 Å². The fraction of sp³-hybridized carbons (Fsp3) is 0.611. The molecule has 1 heterocycles. The van der Waals surface area contributed by atoms with Gasteiger partial charge >= 0.3 is 0 Å². The van der Waals surface area contributed by atoms with E-state index in [2.05, 4.69) is 22.8 Å². The molecule has 2 atom stereocenters. The quantitative estimate of drug-likeness (QED) is 0.830. The third-order valence-electron chi connectivity index (χ3n) is 4.30. The van der Waals surface area contributed by atoms with Crippen LogP contribution in [0.25, 0.3) is 0 Å². The lowest BCUT2D eigenvalue weighted by molar-refractivity contribution is 0.0322. The van der Waals surface area contributed by atoms with Gasteiger partial charge < -0.3 is 9.84 Å². The Morgan fingerprint density at radius 2 is 2.26 bits per heavy atom. The summed E-state index contributed by atoms with van der Waals surface area (Å²) >= 11 is 0. The van der Waals surface area contributed by atoms with E-state index in [1.54, 1.807) is 12.1 Å². The van der Waals surface area contributed by atoms with Gasteiger partial charge in [0, 0.05) is 38.8 Å². The maximum atomic E-state index is 9.60. The number of hydrogen-bond donors (Lipinski definition) is 1. The first kappa shape index (κ1) is 17.7. The lowest BCUT2D eigenvalue weighted by Gasteiger charge is -2.41. The van der Waals surface area contributed by atoms with Gasteiger partial charge in [-0.25, -0.2) is 0 Å². The molecule has 0 aliphatic carbocycles. The van der Waals surface area contributed by atoms with Crippen molar-refractivity contribution in [2.45, 2.75) is 32.4 Å². The van der Waals surface area contributed by atoms with Crippen molar-refractivity contribution < 1.29 is 9.84 Å². The van der Waals surface area contributed by atoms with Crippen LogP contribution in [0.3, 0.4) is 0 Å². The molecule has 0 radical (unpaired) electrons. The Bertz CT molecular complexity index is 527. The van der Waals surface area contributed by atoms with E-state index >= 15 is 0 Å². The van der Waals surface area contributed by atoms with Crippen LogP contribution in [0, 0.1) is 11.3 Å². The van der Waals surface area contributed by atoms with Gasteiger partial charge in [-0.3, -0.25) is 9.80 Å². The number of hydrogen-bond acceptors (Lipinski definition) is 5. The summed E-state index contributed by atoms with van der Waals surface area (Å²) in [5.41, 5.74) is 0.625. The minimum Gasteiger partial charge on any atom is -0.492 e. The molecular weight excluding hydrogens is 290 g/mol. The molecule has 126 valence electrons. The molecule has 23 heavy (non-hydrogen) atoms. The molecule has 0 amide bonds. The number of aliphatic hydroxyl groups is 1. The van der Waals surface area contributed by atoms with Gasteiger partial charge in [-0.15, -0.1) is 0 Å². The van der Waals surface area contributed by atoms with Gasteiger partial charge in [-0.1, -0.05) is 13.0 Å². The van der Waals surface area contributed by atoms with Gasteiger partial charge in [0.2, 0.25) is 0 Å². The molecule has 1 aromatic rings. The second kappa shape index (κ2) is 8.88. The van der Waals surface area contributed by atoms with Crippen LogP contribution in [-0.4, -0.2) is 66.4 Å². The van der Waals surface area contributed by atoms with E-state index in [1.807, 2.05) is 19.1 Å². The summed E-state index contributed by atoms with van der Waals surface area (Å²) in [5.74, 6) is 0.754. The third kappa shape index (κ3) is 5.51. The first-order valence-electron chi connectivity index (χ1n) is 8.39. The topological polar surface area (TPSA) is 59.7 Å². The normalized spacial score (nSPS) is 20.9. The van der Waals surface area contributed by atoms with Crippen molar-refractivity contribution in [1.29, 1.82) is 5.26 Å². The Hall–Kier alpha value is -1.61. The number of ether oxygens (including phenoxy) is 1. The van der Waals surface area contributed by atoms with Crippen LogP contribution in [0.1, 0.15) is 25.8 Å². The SMILES string of the molecule is CCC1CN(CCOc2cccc(C#N)c2)CCN1CC(C)O. The van der Waals surface area contributed by atoms with E-state index in [-0.39, 0.29) is 6.10 Å². The molecule has 0 saturated carbocycles. The summed E-state index contributed by atoms with van der Waals surface area (Å²) in [4.78, 5) is 4.80. The van der Waals surface area contributed by atoms with Gasteiger partial charge in [0.25, 0.3) is 0 Å². The lowest BCUT2D eigenvalue weighted by Crippen LogP contribution is -2.55. The molecule has 2 unspecified atom stereocenters. The van der Waals surface area contributed by atoms with Crippen LogP contribution < -0.4 is 4.74 Å². The van der Waals surface area contributed by atoms with E-state index in [1.165, 1.54) is 0 Å². The summed E-state index contributed by atoms with van der Waals surface area (Å²) in [5, 5.41) is 18.5. The Labute approximate surface area is 139 Å². The van der Waals surface area contributed by atoms with E-state index in [0.717, 1.165) is 44.9 Å². The van der Waals surface area contributed by atoms with Gasteiger partial charge in [-0.05, 0) is 31.5 Å². The average Bonchev–Trinajstić information content (AvgIpc) is 2.56. The highest BCUT2D eigenvalue weighted by Crippen LogP contribution is 2.15.